The molecule has 1 fully saturated rings. The molecule has 3 amide bonds. The first kappa shape index (κ1) is 24.9. The highest BCUT2D eigenvalue weighted by Gasteiger charge is 2.43. The van der Waals surface area contributed by atoms with Gasteiger partial charge in [0.1, 0.15) is 18.1 Å². The molecule has 0 spiro atoms. The first-order valence-electron chi connectivity index (χ1n) is 11.2. The summed E-state index contributed by atoms with van der Waals surface area (Å²) in [5, 5.41) is 0. The van der Waals surface area contributed by atoms with E-state index in [-0.39, 0.29) is 12.5 Å². The van der Waals surface area contributed by atoms with E-state index in [4.69, 9.17) is 9.47 Å². The highest BCUT2D eigenvalue weighted by atomic mass is 31.0. The summed E-state index contributed by atoms with van der Waals surface area (Å²) in [4.78, 5) is 37.3. The maximum Gasteiger partial charge on any atom is 0.334 e. The topological polar surface area (TPSA) is 76.2 Å². The van der Waals surface area contributed by atoms with Gasteiger partial charge in [0.25, 0.3) is 5.91 Å². The third kappa shape index (κ3) is 5.98. The van der Waals surface area contributed by atoms with Crippen LogP contribution in [0.25, 0.3) is 0 Å². The van der Waals surface area contributed by atoms with Crippen LogP contribution in [0.15, 0.2) is 48.5 Å². The first-order valence-corrected chi connectivity index (χ1v) is 11.7. The van der Waals surface area contributed by atoms with Gasteiger partial charge in [0.15, 0.2) is 0 Å². The minimum absolute atomic E-state index is 0.0398. The third-order valence-corrected chi connectivity index (χ3v) is 6.26. The molecule has 3 unspecified atom stereocenters. The number of hydrogen-bond donors (Lipinski definition) is 0. The molecule has 0 radical (unpaired) electrons. The molecule has 8 heteroatoms. The number of unbranched alkanes of at least 4 members (excludes halogenated alkanes) is 2. The Morgan fingerprint density at radius 1 is 1.06 bits per heavy atom. The molecule has 33 heavy (non-hydrogen) atoms. The standard InChI is InChI=1S/C25H31N2O5P/c1-3-4-5-6-23(32-17-18-7-13-21(31-2)14-8-18)19-9-11-20(12-10-19)26-22(15-16-28)24(29)27(33)25(26)30/h7-14,16,22-23H,3-6,15,17,33H2,1-2H3. The van der Waals surface area contributed by atoms with Gasteiger partial charge in [0.2, 0.25) is 0 Å². The van der Waals surface area contributed by atoms with Crippen LogP contribution in [0.1, 0.15) is 56.3 Å². The van der Waals surface area contributed by atoms with Crippen molar-refractivity contribution >= 4 is 33.3 Å². The number of methoxy groups -OCH3 is 1. The van der Waals surface area contributed by atoms with Gasteiger partial charge in [0, 0.05) is 12.1 Å². The number of carbonyl (C=O) groups is 3. The molecule has 1 heterocycles. The zero-order valence-electron chi connectivity index (χ0n) is 19.1. The van der Waals surface area contributed by atoms with E-state index in [9.17, 15) is 14.4 Å². The Balaban J connectivity index is 1.75. The lowest BCUT2D eigenvalue weighted by molar-refractivity contribution is -0.125. The number of carbonyl (C=O) groups excluding carboxylic acids is 3. The van der Waals surface area contributed by atoms with Crippen LogP contribution in [0.2, 0.25) is 0 Å². The Hall–Kier alpha value is -2.76. The normalized spacial score (nSPS) is 16.9. The summed E-state index contributed by atoms with van der Waals surface area (Å²) < 4.78 is 12.5. The average molecular weight is 471 g/mol. The van der Waals surface area contributed by atoms with Gasteiger partial charge in [-0.2, -0.15) is 0 Å². The van der Waals surface area contributed by atoms with Crippen molar-refractivity contribution in [2.24, 2.45) is 0 Å². The Labute approximate surface area is 197 Å². The Morgan fingerprint density at radius 2 is 1.76 bits per heavy atom. The molecule has 0 aromatic heterocycles. The second-order valence-electron chi connectivity index (χ2n) is 8.01. The highest BCUT2D eigenvalue weighted by molar-refractivity contribution is 7.16. The van der Waals surface area contributed by atoms with Gasteiger partial charge < -0.3 is 14.3 Å². The second-order valence-corrected chi connectivity index (χ2v) is 8.53. The fraction of sp³-hybridized carbons (Fsp3) is 0.400. The van der Waals surface area contributed by atoms with E-state index >= 15 is 0 Å². The van der Waals surface area contributed by atoms with Crippen molar-refractivity contribution in [1.29, 1.82) is 0 Å². The number of imide groups is 1. The smallest absolute Gasteiger partial charge is 0.334 e. The van der Waals surface area contributed by atoms with E-state index in [1.165, 1.54) is 4.90 Å². The third-order valence-electron chi connectivity index (χ3n) is 5.79. The van der Waals surface area contributed by atoms with Crippen molar-refractivity contribution in [3.05, 3.63) is 59.7 Å². The highest BCUT2D eigenvalue weighted by Crippen LogP contribution is 2.32. The summed E-state index contributed by atoms with van der Waals surface area (Å²) in [5.41, 5.74) is 2.65. The van der Waals surface area contributed by atoms with Crippen molar-refractivity contribution in [2.45, 2.75) is 57.8 Å². The maximum absolute atomic E-state index is 12.6. The number of aldehydes is 1. The Morgan fingerprint density at radius 3 is 2.36 bits per heavy atom. The average Bonchev–Trinajstić information content (AvgIpc) is 3.05. The molecule has 1 aliphatic rings. The lowest BCUT2D eigenvalue weighted by Crippen LogP contribution is -2.35. The van der Waals surface area contributed by atoms with E-state index in [2.05, 4.69) is 16.3 Å². The largest absolute Gasteiger partial charge is 0.497 e. The summed E-state index contributed by atoms with van der Waals surface area (Å²) in [6, 6.07) is 14.0. The molecule has 0 saturated carbocycles. The summed E-state index contributed by atoms with van der Waals surface area (Å²) in [7, 11) is 3.77. The summed E-state index contributed by atoms with van der Waals surface area (Å²) >= 11 is 0. The molecule has 1 aliphatic heterocycles. The molecular formula is C25H31N2O5P. The number of amides is 3. The summed E-state index contributed by atoms with van der Waals surface area (Å²) in [5.74, 6) is 0.405. The van der Waals surface area contributed by atoms with Crippen molar-refractivity contribution < 1.29 is 23.9 Å². The van der Waals surface area contributed by atoms with Crippen LogP contribution in [0.4, 0.5) is 10.5 Å². The predicted molar refractivity (Wildman–Crippen MR) is 130 cm³/mol. The molecule has 7 nitrogen and oxygen atoms in total. The van der Waals surface area contributed by atoms with Crippen molar-refractivity contribution in [2.75, 3.05) is 12.0 Å². The van der Waals surface area contributed by atoms with Crippen LogP contribution < -0.4 is 9.64 Å². The van der Waals surface area contributed by atoms with Gasteiger partial charge in [0.05, 0.1) is 19.8 Å². The molecule has 3 rings (SSSR count). The molecule has 0 bridgehead atoms. The number of benzene rings is 2. The predicted octanol–water partition coefficient (Wildman–Crippen LogP) is 5.05. The SMILES string of the molecule is CCCCCC(OCc1ccc(OC)cc1)c1ccc(N2C(=O)N(P)C(=O)C2CC=O)cc1. The van der Waals surface area contributed by atoms with Crippen LogP contribution in [0.5, 0.6) is 5.75 Å². The zero-order chi connectivity index (χ0) is 23.8. The number of nitrogens with zero attached hydrogens (tertiary/aromatic N) is 2. The Kier molecular flexibility index (Phi) is 8.98. The summed E-state index contributed by atoms with van der Waals surface area (Å²) in [6.45, 7) is 2.65. The quantitative estimate of drug-likeness (QED) is 0.188. The molecule has 0 aliphatic carbocycles. The lowest BCUT2D eigenvalue weighted by atomic mass is 10.0. The molecule has 176 valence electrons. The van der Waals surface area contributed by atoms with Crippen molar-refractivity contribution in [3.8, 4) is 5.75 Å². The first-order chi connectivity index (χ1) is 16.0. The second kappa shape index (κ2) is 11.9. The fourth-order valence-electron chi connectivity index (χ4n) is 3.90. The monoisotopic (exact) mass is 470 g/mol. The fourth-order valence-corrected chi connectivity index (χ4v) is 4.19. The van der Waals surface area contributed by atoms with Crippen molar-refractivity contribution in [3.63, 3.8) is 0 Å². The molecule has 2 aromatic carbocycles. The molecular weight excluding hydrogens is 439 g/mol. The van der Waals surface area contributed by atoms with E-state index in [1.54, 1.807) is 7.11 Å². The van der Waals surface area contributed by atoms with Crippen LogP contribution in [-0.4, -0.2) is 36.0 Å². The van der Waals surface area contributed by atoms with Gasteiger partial charge in [-0.15, -0.1) is 0 Å². The van der Waals surface area contributed by atoms with Crippen molar-refractivity contribution in [1.82, 2.24) is 4.67 Å². The minimum Gasteiger partial charge on any atom is -0.497 e. The minimum atomic E-state index is -0.815. The van der Waals surface area contributed by atoms with Gasteiger partial charge in [-0.05, 0) is 51.2 Å². The van der Waals surface area contributed by atoms with E-state index < -0.39 is 18.0 Å². The number of hydrogen-bond acceptors (Lipinski definition) is 5. The lowest BCUT2D eigenvalue weighted by Gasteiger charge is -2.22. The van der Waals surface area contributed by atoms with E-state index in [0.29, 0.717) is 18.6 Å². The van der Waals surface area contributed by atoms with E-state index in [0.717, 1.165) is 47.2 Å². The van der Waals surface area contributed by atoms with Crippen LogP contribution in [0.3, 0.4) is 0 Å². The zero-order valence-corrected chi connectivity index (χ0v) is 20.3. The molecule has 0 N–H and O–H groups in total. The van der Waals surface area contributed by atoms with Crippen LogP contribution >= 0.6 is 9.39 Å². The van der Waals surface area contributed by atoms with Gasteiger partial charge in [-0.25, -0.2) is 9.46 Å². The van der Waals surface area contributed by atoms with Crippen LogP contribution in [0, 0.1) is 0 Å². The molecule has 2 aromatic rings. The molecule has 1 saturated heterocycles. The molecule has 3 atom stereocenters. The Bertz CT molecular complexity index is 948. The van der Waals surface area contributed by atoms with E-state index in [1.807, 2.05) is 48.5 Å². The maximum atomic E-state index is 12.6. The van der Waals surface area contributed by atoms with Gasteiger partial charge >= 0.3 is 6.03 Å². The number of urea groups is 1. The number of rotatable bonds is 12. The summed E-state index contributed by atoms with van der Waals surface area (Å²) in [6.07, 6.45) is 4.72. The van der Waals surface area contributed by atoms with Gasteiger partial charge in [-0.1, -0.05) is 50.5 Å². The number of anilines is 1. The van der Waals surface area contributed by atoms with Crippen LogP contribution in [-0.2, 0) is 20.9 Å². The van der Waals surface area contributed by atoms with Gasteiger partial charge in [-0.3, -0.25) is 9.69 Å². The number of ether oxygens (including phenoxy) is 2.